The van der Waals surface area contributed by atoms with Crippen LogP contribution in [-0.4, -0.2) is 26.9 Å². The fraction of sp³-hybridized carbons (Fsp3) is 0.769. The van der Waals surface area contributed by atoms with Crippen molar-refractivity contribution in [3.63, 3.8) is 0 Å². The smallest absolute Gasteiger partial charge is 0.242 e. The molecule has 3 atom stereocenters. The molecule has 1 aromatic heterocycles. The number of hydrogen-bond acceptors (Lipinski definition) is 4. The molecule has 2 rings (SSSR count). The predicted molar refractivity (Wildman–Crippen MR) is 72.0 cm³/mol. The van der Waals surface area contributed by atoms with Crippen molar-refractivity contribution in [2.75, 3.05) is 0 Å². The number of amides is 1. The number of nitrogens with one attached hydrogen (secondary N) is 1. The summed E-state index contributed by atoms with van der Waals surface area (Å²) in [5.74, 6) is 1.21. The second kappa shape index (κ2) is 6.14. The van der Waals surface area contributed by atoms with E-state index in [4.69, 9.17) is 5.73 Å². The first-order valence-corrected chi connectivity index (χ1v) is 6.98. The van der Waals surface area contributed by atoms with Crippen molar-refractivity contribution in [3.8, 4) is 0 Å². The lowest BCUT2D eigenvalue weighted by atomic mass is 9.78. The van der Waals surface area contributed by atoms with E-state index >= 15 is 0 Å². The SMILES string of the molecule is CC1CCCC(NC(=O)Cn2cc(CN)nn2)C1C. The summed E-state index contributed by atoms with van der Waals surface area (Å²) in [6.07, 6.45) is 5.24. The van der Waals surface area contributed by atoms with Crippen LogP contribution >= 0.6 is 0 Å². The van der Waals surface area contributed by atoms with Crippen LogP contribution in [-0.2, 0) is 17.9 Å². The fourth-order valence-corrected chi connectivity index (χ4v) is 2.69. The van der Waals surface area contributed by atoms with Gasteiger partial charge in [-0.05, 0) is 18.3 Å². The first-order chi connectivity index (χ1) is 9.10. The molecule has 0 bridgehead atoms. The van der Waals surface area contributed by atoms with E-state index in [2.05, 4.69) is 29.5 Å². The molecule has 106 valence electrons. The fourth-order valence-electron chi connectivity index (χ4n) is 2.69. The minimum atomic E-state index is -0.000536. The number of rotatable bonds is 4. The zero-order valence-electron chi connectivity index (χ0n) is 11.7. The molecule has 1 fully saturated rings. The minimum Gasteiger partial charge on any atom is -0.351 e. The van der Waals surface area contributed by atoms with Crippen molar-refractivity contribution in [3.05, 3.63) is 11.9 Å². The molecule has 3 unspecified atom stereocenters. The molecule has 1 heterocycles. The normalized spacial score (nSPS) is 27.2. The average Bonchev–Trinajstić information content (AvgIpc) is 2.82. The van der Waals surface area contributed by atoms with Crippen LogP contribution < -0.4 is 11.1 Å². The van der Waals surface area contributed by atoms with Gasteiger partial charge in [-0.25, -0.2) is 4.68 Å². The van der Waals surface area contributed by atoms with Gasteiger partial charge in [-0.15, -0.1) is 5.10 Å². The number of carbonyl (C=O) groups is 1. The molecule has 1 saturated carbocycles. The van der Waals surface area contributed by atoms with Gasteiger partial charge in [0.15, 0.2) is 0 Å². The molecule has 0 spiro atoms. The third kappa shape index (κ3) is 3.53. The lowest BCUT2D eigenvalue weighted by Crippen LogP contribution is -2.44. The van der Waals surface area contributed by atoms with Gasteiger partial charge in [-0.1, -0.05) is 31.9 Å². The van der Waals surface area contributed by atoms with Crippen molar-refractivity contribution < 1.29 is 4.79 Å². The highest BCUT2D eigenvalue weighted by Gasteiger charge is 2.28. The second-order valence-electron chi connectivity index (χ2n) is 5.55. The monoisotopic (exact) mass is 265 g/mol. The van der Waals surface area contributed by atoms with Gasteiger partial charge in [0.2, 0.25) is 5.91 Å². The number of aromatic nitrogens is 3. The van der Waals surface area contributed by atoms with Gasteiger partial charge in [0, 0.05) is 12.6 Å². The molecular weight excluding hydrogens is 242 g/mol. The Labute approximate surface area is 113 Å². The summed E-state index contributed by atoms with van der Waals surface area (Å²) >= 11 is 0. The van der Waals surface area contributed by atoms with E-state index in [0.717, 1.165) is 6.42 Å². The molecule has 0 radical (unpaired) electrons. The van der Waals surface area contributed by atoms with Crippen LogP contribution in [0.25, 0.3) is 0 Å². The van der Waals surface area contributed by atoms with E-state index in [-0.39, 0.29) is 18.5 Å². The maximum atomic E-state index is 12.0. The van der Waals surface area contributed by atoms with Crippen molar-refractivity contribution in [2.45, 2.75) is 52.2 Å². The van der Waals surface area contributed by atoms with Crippen LogP contribution in [0.4, 0.5) is 0 Å². The second-order valence-corrected chi connectivity index (χ2v) is 5.55. The first kappa shape index (κ1) is 14.0. The van der Waals surface area contributed by atoms with Crippen LogP contribution in [0.2, 0.25) is 0 Å². The molecule has 1 aromatic rings. The Kier molecular flexibility index (Phi) is 4.52. The summed E-state index contributed by atoms with van der Waals surface area (Å²) in [5, 5.41) is 10.9. The van der Waals surface area contributed by atoms with Gasteiger partial charge in [-0.3, -0.25) is 4.79 Å². The van der Waals surface area contributed by atoms with Crippen molar-refractivity contribution in [1.29, 1.82) is 0 Å². The van der Waals surface area contributed by atoms with E-state index in [0.29, 0.717) is 24.1 Å². The van der Waals surface area contributed by atoms with Crippen molar-refractivity contribution in [1.82, 2.24) is 20.3 Å². The summed E-state index contributed by atoms with van der Waals surface area (Å²) in [4.78, 5) is 12.0. The lowest BCUT2D eigenvalue weighted by Gasteiger charge is -2.34. The minimum absolute atomic E-state index is 0.000536. The molecular formula is C13H23N5O. The molecule has 19 heavy (non-hydrogen) atoms. The van der Waals surface area contributed by atoms with Crippen LogP contribution in [0, 0.1) is 11.8 Å². The summed E-state index contributed by atoms with van der Waals surface area (Å²) < 4.78 is 1.54. The maximum absolute atomic E-state index is 12.0. The summed E-state index contributed by atoms with van der Waals surface area (Å²) in [6, 6.07) is 0.286. The highest BCUT2D eigenvalue weighted by atomic mass is 16.2. The Bertz CT molecular complexity index is 430. The third-order valence-corrected chi connectivity index (χ3v) is 4.15. The Balaban J connectivity index is 1.86. The van der Waals surface area contributed by atoms with Gasteiger partial charge in [-0.2, -0.15) is 0 Å². The van der Waals surface area contributed by atoms with E-state index in [1.54, 1.807) is 6.20 Å². The molecule has 0 saturated heterocycles. The van der Waals surface area contributed by atoms with E-state index in [1.807, 2.05) is 0 Å². The predicted octanol–water partition coefficient (Wildman–Crippen LogP) is 0.678. The van der Waals surface area contributed by atoms with Crippen LogP contribution in [0.3, 0.4) is 0 Å². The summed E-state index contributed by atoms with van der Waals surface area (Å²) in [7, 11) is 0. The van der Waals surface area contributed by atoms with Gasteiger partial charge in [0.25, 0.3) is 0 Å². The van der Waals surface area contributed by atoms with Crippen LogP contribution in [0.5, 0.6) is 0 Å². The Morgan fingerprint density at radius 2 is 2.32 bits per heavy atom. The third-order valence-electron chi connectivity index (χ3n) is 4.15. The maximum Gasteiger partial charge on any atom is 0.242 e. The number of nitrogens with zero attached hydrogens (tertiary/aromatic N) is 3. The zero-order valence-corrected chi connectivity index (χ0v) is 11.7. The Morgan fingerprint density at radius 1 is 1.53 bits per heavy atom. The van der Waals surface area contributed by atoms with Gasteiger partial charge in [0.05, 0.1) is 11.9 Å². The molecule has 1 amide bonds. The molecule has 0 aliphatic heterocycles. The molecule has 6 nitrogen and oxygen atoms in total. The van der Waals surface area contributed by atoms with E-state index in [1.165, 1.54) is 17.5 Å². The van der Waals surface area contributed by atoms with Gasteiger partial charge >= 0.3 is 0 Å². The van der Waals surface area contributed by atoms with Crippen LogP contribution in [0.15, 0.2) is 6.20 Å². The number of hydrogen-bond donors (Lipinski definition) is 2. The molecule has 6 heteroatoms. The van der Waals surface area contributed by atoms with Gasteiger partial charge < -0.3 is 11.1 Å². The Morgan fingerprint density at radius 3 is 3.00 bits per heavy atom. The van der Waals surface area contributed by atoms with E-state index < -0.39 is 0 Å². The average molecular weight is 265 g/mol. The molecule has 1 aliphatic carbocycles. The van der Waals surface area contributed by atoms with Crippen LogP contribution in [0.1, 0.15) is 38.8 Å². The number of carbonyl (C=O) groups excluding carboxylic acids is 1. The topological polar surface area (TPSA) is 85.8 Å². The highest BCUT2D eigenvalue weighted by Crippen LogP contribution is 2.29. The first-order valence-electron chi connectivity index (χ1n) is 6.98. The highest BCUT2D eigenvalue weighted by molar-refractivity contribution is 5.76. The standard InChI is InChI=1S/C13H23N5O/c1-9-4-3-5-12(10(9)2)15-13(19)8-18-7-11(6-14)16-17-18/h7,9-10,12H,3-6,8,14H2,1-2H3,(H,15,19). The lowest BCUT2D eigenvalue weighted by molar-refractivity contribution is -0.123. The largest absolute Gasteiger partial charge is 0.351 e. The quantitative estimate of drug-likeness (QED) is 0.838. The summed E-state index contributed by atoms with van der Waals surface area (Å²) in [6.45, 7) is 5.04. The van der Waals surface area contributed by atoms with Crippen molar-refractivity contribution >= 4 is 5.91 Å². The zero-order chi connectivity index (χ0) is 13.8. The molecule has 1 aliphatic rings. The molecule has 3 N–H and O–H groups in total. The van der Waals surface area contributed by atoms with Gasteiger partial charge in [0.1, 0.15) is 6.54 Å². The number of nitrogens with two attached hydrogens (primary N) is 1. The molecule has 0 aromatic carbocycles. The van der Waals surface area contributed by atoms with E-state index in [9.17, 15) is 4.79 Å². The Hall–Kier alpha value is -1.43. The summed E-state index contributed by atoms with van der Waals surface area (Å²) in [5.41, 5.74) is 6.16. The van der Waals surface area contributed by atoms with Crippen molar-refractivity contribution in [2.24, 2.45) is 17.6 Å².